The van der Waals surface area contributed by atoms with E-state index in [-0.39, 0.29) is 27.2 Å². The number of anilines is 1. The Morgan fingerprint density at radius 3 is 2.29 bits per heavy atom. The van der Waals surface area contributed by atoms with Crippen molar-refractivity contribution in [3.63, 3.8) is 0 Å². The number of nitrogens with zero attached hydrogens (tertiary/aromatic N) is 4. The highest BCUT2D eigenvalue weighted by Crippen LogP contribution is 2.39. The number of halogens is 3. The van der Waals surface area contributed by atoms with E-state index in [0.29, 0.717) is 33.1 Å². The van der Waals surface area contributed by atoms with Crippen LogP contribution in [0.3, 0.4) is 0 Å². The Bertz CT molecular complexity index is 1660. The molecular weight excluding hydrogens is 547 g/mol. The minimum absolute atomic E-state index is 0.0691. The van der Waals surface area contributed by atoms with Crippen molar-refractivity contribution in [1.82, 2.24) is 4.57 Å². The predicted molar refractivity (Wildman–Crippen MR) is 151 cm³/mol. The number of carbonyl (C=O) groups is 1. The Labute approximate surface area is 233 Å². The van der Waals surface area contributed by atoms with Crippen molar-refractivity contribution in [3.8, 4) is 17.6 Å². The molecule has 0 spiro atoms. The van der Waals surface area contributed by atoms with Crippen LogP contribution in [0, 0.1) is 18.3 Å². The van der Waals surface area contributed by atoms with Gasteiger partial charge < -0.3 is 5.11 Å². The first-order valence-electron chi connectivity index (χ1n) is 11.2. The summed E-state index contributed by atoms with van der Waals surface area (Å²) in [5.41, 5.74) is 1.46. The van der Waals surface area contributed by atoms with E-state index in [1.54, 1.807) is 74.6 Å². The molecular formula is C28H19Cl3N4O3. The molecule has 1 aromatic heterocycles. The number of aromatic nitrogens is 1. The molecule has 3 aromatic rings. The van der Waals surface area contributed by atoms with Gasteiger partial charge in [0, 0.05) is 10.6 Å². The van der Waals surface area contributed by atoms with Gasteiger partial charge in [-0.05, 0) is 55.8 Å². The summed E-state index contributed by atoms with van der Waals surface area (Å²) < 4.78 is 1.09. The molecule has 0 aliphatic carbocycles. The van der Waals surface area contributed by atoms with E-state index >= 15 is 0 Å². The van der Waals surface area contributed by atoms with Gasteiger partial charge in [0.2, 0.25) is 5.88 Å². The van der Waals surface area contributed by atoms with E-state index in [1.807, 2.05) is 6.07 Å². The predicted octanol–water partition coefficient (Wildman–Crippen LogP) is 6.60. The molecule has 1 aliphatic heterocycles. The Morgan fingerprint density at radius 2 is 1.66 bits per heavy atom. The van der Waals surface area contributed by atoms with Crippen LogP contribution in [0.1, 0.15) is 23.6 Å². The van der Waals surface area contributed by atoms with E-state index in [4.69, 9.17) is 34.8 Å². The lowest BCUT2D eigenvalue weighted by Gasteiger charge is -2.15. The summed E-state index contributed by atoms with van der Waals surface area (Å²) in [4.78, 5) is 25.8. The van der Waals surface area contributed by atoms with Crippen LogP contribution in [0.25, 0.3) is 11.8 Å². The third kappa shape index (κ3) is 5.02. The molecule has 0 radical (unpaired) electrons. The van der Waals surface area contributed by atoms with Crippen molar-refractivity contribution in [2.45, 2.75) is 13.8 Å². The highest BCUT2D eigenvalue weighted by molar-refractivity contribution is 6.43. The first kappa shape index (κ1) is 27.0. The van der Waals surface area contributed by atoms with Gasteiger partial charge in [-0.1, -0.05) is 71.2 Å². The Hall–Kier alpha value is -4.09. The van der Waals surface area contributed by atoms with Gasteiger partial charge in [-0.15, -0.1) is 0 Å². The van der Waals surface area contributed by atoms with Gasteiger partial charge >= 0.3 is 0 Å². The standard InChI is InChI=1S/C28H19Cl3N4O3/c1-16-20(26(36)34(27(37)22(16)15-32)19-9-5-3-6-10-19)11-7-4-8-12-21-17(2)33-35(28(21)38)25-23(30)13-18(29)14-24(25)31/h3-14,36H,1-2H3. The molecule has 0 fully saturated rings. The van der Waals surface area contributed by atoms with Crippen LogP contribution in [0.4, 0.5) is 5.69 Å². The number of hydrogen-bond donors (Lipinski definition) is 1. The maximum absolute atomic E-state index is 13.0. The molecule has 2 heterocycles. The summed E-state index contributed by atoms with van der Waals surface area (Å²) in [6.07, 6.45) is 8.05. The van der Waals surface area contributed by atoms with Gasteiger partial charge in [-0.25, -0.2) is 4.57 Å². The fourth-order valence-electron chi connectivity index (χ4n) is 3.91. The molecule has 0 atom stereocenters. The highest BCUT2D eigenvalue weighted by atomic mass is 35.5. The van der Waals surface area contributed by atoms with Crippen molar-refractivity contribution < 1.29 is 9.90 Å². The lowest BCUT2D eigenvalue weighted by Crippen LogP contribution is -2.23. The number of pyridine rings is 1. The quantitative estimate of drug-likeness (QED) is 0.278. The second kappa shape index (κ2) is 11.1. The largest absolute Gasteiger partial charge is 0.494 e. The van der Waals surface area contributed by atoms with Crippen molar-refractivity contribution in [2.75, 3.05) is 5.01 Å². The summed E-state index contributed by atoms with van der Waals surface area (Å²) in [6, 6.07) is 13.4. The fraction of sp³-hybridized carbons (Fsp3) is 0.0714. The number of nitriles is 1. The van der Waals surface area contributed by atoms with E-state index in [1.165, 1.54) is 12.1 Å². The SMILES string of the molecule is CC1=NN(c2c(Cl)cc(Cl)cc2Cl)C(=O)C1=CC=CC=Cc1c(C)c(C#N)c(=O)n(-c2ccccc2)c1O. The summed E-state index contributed by atoms with van der Waals surface area (Å²) in [5, 5.41) is 26.6. The monoisotopic (exact) mass is 564 g/mol. The fourth-order valence-corrected chi connectivity index (χ4v) is 4.88. The molecule has 0 bridgehead atoms. The van der Waals surface area contributed by atoms with Crippen LogP contribution in [0.2, 0.25) is 15.1 Å². The number of carbonyl (C=O) groups excluding carboxylic acids is 1. The molecule has 1 aliphatic rings. The minimum Gasteiger partial charge on any atom is -0.494 e. The smallest absolute Gasteiger partial charge is 0.280 e. The molecule has 1 N–H and O–H groups in total. The van der Waals surface area contributed by atoms with E-state index in [0.717, 1.165) is 9.58 Å². The van der Waals surface area contributed by atoms with E-state index in [2.05, 4.69) is 5.10 Å². The molecule has 2 aromatic carbocycles. The van der Waals surface area contributed by atoms with Crippen molar-refractivity contribution >= 4 is 58.2 Å². The number of allylic oxidation sites excluding steroid dienone is 4. The maximum Gasteiger partial charge on any atom is 0.280 e. The number of amides is 1. The van der Waals surface area contributed by atoms with Crippen LogP contribution in [0.15, 0.2) is 82.2 Å². The van der Waals surface area contributed by atoms with Gasteiger partial charge in [-0.2, -0.15) is 15.4 Å². The number of hydrogen-bond acceptors (Lipinski definition) is 5. The summed E-state index contributed by atoms with van der Waals surface area (Å²) in [6.45, 7) is 3.28. The number of hydrazone groups is 1. The molecule has 1 amide bonds. The third-order valence-electron chi connectivity index (χ3n) is 5.78. The first-order valence-corrected chi connectivity index (χ1v) is 12.3. The second-order valence-corrected chi connectivity index (χ2v) is 9.42. The second-order valence-electron chi connectivity index (χ2n) is 8.17. The number of rotatable bonds is 5. The molecule has 4 rings (SSSR count). The Balaban J connectivity index is 1.63. The van der Waals surface area contributed by atoms with Gasteiger partial charge in [0.05, 0.1) is 27.0 Å². The minimum atomic E-state index is -0.605. The summed E-state index contributed by atoms with van der Waals surface area (Å²) >= 11 is 18.5. The van der Waals surface area contributed by atoms with Gasteiger partial charge in [0.25, 0.3) is 11.5 Å². The molecule has 7 nitrogen and oxygen atoms in total. The topological polar surface area (TPSA) is 98.7 Å². The van der Waals surface area contributed by atoms with E-state index in [9.17, 15) is 20.0 Å². The van der Waals surface area contributed by atoms with Gasteiger partial charge in [-0.3, -0.25) is 9.59 Å². The summed E-state index contributed by atoms with van der Waals surface area (Å²) in [5.74, 6) is -0.702. The van der Waals surface area contributed by atoms with E-state index < -0.39 is 11.5 Å². The normalized spacial score (nSPS) is 14.6. The average molecular weight is 566 g/mol. The van der Waals surface area contributed by atoms with Crippen LogP contribution in [0.5, 0.6) is 5.88 Å². The first-order chi connectivity index (χ1) is 18.1. The molecule has 10 heteroatoms. The molecule has 38 heavy (non-hydrogen) atoms. The Morgan fingerprint density at radius 1 is 1.00 bits per heavy atom. The molecule has 0 saturated carbocycles. The summed E-state index contributed by atoms with van der Waals surface area (Å²) in [7, 11) is 0. The number of para-hydroxylation sites is 1. The van der Waals surface area contributed by atoms with Crippen LogP contribution < -0.4 is 10.6 Å². The zero-order valence-electron chi connectivity index (χ0n) is 20.1. The highest BCUT2D eigenvalue weighted by Gasteiger charge is 2.31. The zero-order valence-corrected chi connectivity index (χ0v) is 22.4. The molecule has 0 saturated heterocycles. The number of benzene rings is 2. The van der Waals surface area contributed by atoms with Crippen LogP contribution in [-0.4, -0.2) is 21.3 Å². The van der Waals surface area contributed by atoms with Crippen molar-refractivity contribution in [3.05, 3.63) is 114 Å². The maximum atomic E-state index is 13.0. The van der Waals surface area contributed by atoms with Crippen LogP contribution in [-0.2, 0) is 4.79 Å². The van der Waals surface area contributed by atoms with Crippen molar-refractivity contribution in [2.24, 2.45) is 5.10 Å². The average Bonchev–Trinajstić information content (AvgIpc) is 3.14. The Kier molecular flexibility index (Phi) is 7.88. The molecule has 0 unspecified atom stereocenters. The third-order valence-corrected chi connectivity index (χ3v) is 6.57. The lowest BCUT2D eigenvalue weighted by molar-refractivity contribution is -0.114. The van der Waals surface area contributed by atoms with Gasteiger partial charge in [0.1, 0.15) is 17.3 Å². The number of aromatic hydroxyl groups is 1. The lowest BCUT2D eigenvalue weighted by atomic mass is 10.0. The zero-order chi connectivity index (χ0) is 27.6. The van der Waals surface area contributed by atoms with Gasteiger partial charge in [0.15, 0.2) is 0 Å². The molecule has 190 valence electrons. The van der Waals surface area contributed by atoms with Crippen molar-refractivity contribution in [1.29, 1.82) is 5.26 Å². The van der Waals surface area contributed by atoms with Crippen LogP contribution >= 0.6 is 34.8 Å².